The Morgan fingerprint density at radius 2 is 2.24 bits per heavy atom. The van der Waals surface area contributed by atoms with Crippen molar-refractivity contribution in [2.45, 2.75) is 24.6 Å². The number of aromatic nitrogens is 2. The first-order chi connectivity index (χ1) is 8.11. The quantitative estimate of drug-likeness (QED) is 0.630. The lowest BCUT2D eigenvalue weighted by atomic mass is 9.91. The van der Waals surface area contributed by atoms with Crippen molar-refractivity contribution in [2.24, 2.45) is 0 Å². The van der Waals surface area contributed by atoms with Crippen LogP contribution in [0.5, 0.6) is 0 Å². The molecule has 0 saturated carbocycles. The number of hydrogen-bond acceptors (Lipinski definition) is 4. The molecule has 1 unspecified atom stereocenters. The average molecular weight is 258 g/mol. The molecular formula is C10H9ClFN3O2. The maximum absolute atomic E-state index is 13.5. The predicted molar refractivity (Wildman–Crippen MR) is 56.7 cm³/mol. The van der Waals surface area contributed by atoms with Crippen molar-refractivity contribution in [3.8, 4) is 0 Å². The molecule has 1 aliphatic heterocycles. The number of carbonyl (C=O) groups excluding carboxylic acids is 2. The molecule has 1 aliphatic rings. The van der Waals surface area contributed by atoms with Crippen LogP contribution in [-0.2, 0) is 15.5 Å². The van der Waals surface area contributed by atoms with Gasteiger partial charge in [0, 0.05) is 12.0 Å². The summed E-state index contributed by atoms with van der Waals surface area (Å²) in [7, 11) is 0. The summed E-state index contributed by atoms with van der Waals surface area (Å²) in [6.45, 7) is 0. The zero-order valence-corrected chi connectivity index (χ0v) is 9.50. The lowest BCUT2D eigenvalue weighted by molar-refractivity contribution is -0.134. The van der Waals surface area contributed by atoms with Crippen molar-refractivity contribution in [1.29, 1.82) is 0 Å². The molecule has 0 spiro atoms. The Kier molecular flexibility index (Phi) is 3.33. The number of nitrogens with one attached hydrogen (secondary N) is 1. The molecule has 1 aromatic rings. The summed E-state index contributed by atoms with van der Waals surface area (Å²) in [5.41, 5.74) is 0.536. The van der Waals surface area contributed by atoms with Crippen LogP contribution in [0.25, 0.3) is 0 Å². The molecule has 1 saturated heterocycles. The summed E-state index contributed by atoms with van der Waals surface area (Å²) in [6, 6.07) is 1.41. The van der Waals surface area contributed by atoms with Crippen LogP contribution in [0.15, 0.2) is 6.07 Å². The van der Waals surface area contributed by atoms with Gasteiger partial charge >= 0.3 is 0 Å². The van der Waals surface area contributed by atoms with E-state index in [1.807, 2.05) is 0 Å². The van der Waals surface area contributed by atoms with Crippen molar-refractivity contribution in [3.05, 3.63) is 23.3 Å². The van der Waals surface area contributed by atoms with E-state index in [0.717, 1.165) is 0 Å². The number of piperidine rings is 1. The molecule has 0 bridgehead atoms. The fourth-order valence-electron chi connectivity index (χ4n) is 1.73. The highest BCUT2D eigenvalue weighted by atomic mass is 35.5. The zero-order chi connectivity index (χ0) is 12.4. The number of alkyl halides is 1. The van der Waals surface area contributed by atoms with E-state index in [1.165, 1.54) is 6.07 Å². The first-order valence-corrected chi connectivity index (χ1v) is 5.57. The van der Waals surface area contributed by atoms with Crippen molar-refractivity contribution in [3.63, 3.8) is 0 Å². The summed E-state index contributed by atoms with van der Waals surface area (Å²) >= 11 is 5.57. The Hall–Kier alpha value is -1.56. The smallest absolute Gasteiger partial charge is 0.237 e. The Morgan fingerprint density at radius 1 is 1.47 bits per heavy atom. The number of carbonyl (C=O) groups is 2. The number of nitrogens with zero attached hydrogens (tertiary/aromatic N) is 2. The van der Waals surface area contributed by atoms with E-state index in [2.05, 4.69) is 15.5 Å². The second-order valence-corrected chi connectivity index (χ2v) is 3.99. The van der Waals surface area contributed by atoms with E-state index >= 15 is 0 Å². The van der Waals surface area contributed by atoms with Crippen molar-refractivity contribution in [1.82, 2.24) is 15.5 Å². The maximum atomic E-state index is 13.5. The van der Waals surface area contributed by atoms with Gasteiger partial charge in [0.25, 0.3) is 0 Å². The molecule has 2 heterocycles. The molecular weight excluding hydrogens is 249 g/mol. The fourth-order valence-corrected chi connectivity index (χ4v) is 1.86. The second-order valence-electron chi connectivity index (χ2n) is 3.72. The number of halogens is 2. The van der Waals surface area contributed by atoms with E-state index in [-0.39, 0.29) is 30.2 Å². The molecule has 2 rings (SSSR count). The Morgan fingerprint density at radius 3 is 2.88 bits per heavy atom. The van der Waals surface area contributed by atoms with Crippen LogP contribution in [0.4, 0.5) is 4.39 Å². The molecule has 1 N–H and O–H groups in total. The summed E-state index contributed by atoms with van der Waals surface area (Å²) in [5.74, 6) is -2.26. The van der Waals surface area contributed by atoms with E-state index in [1.54, 1.807) is 0 Å². The monoisotopic (exact) mass is 257 g/mol. The number of rotatable bonds is 2. The van der Waals surface area contributed by atoms with E-state index in [4.69, 9.17) is 11.6 Å². The molecule has 0 aliphatic carbocycles. The van der Waals surface area contributed by atoms with Gasteiger partial charge in [0.1, 0.15) is 0 Å². The van der Waals surface area contributed by atoms with Crippen LogP contribution in [0.1, 0.15) is 30.0 Å². The van der Waals surface area contributed by atoms with Gasteiger partial charge in [-0.25, -0.2) is 0 Å². The van der Waals surface area contributed by atoms with Gasteiger partial charge in [0.2, 0.25) is 17.8 Å². The number of amides is 2. The third kappa shape index (κ3) is 2.41. The minimum atomic E-state index is -0.798. The highest BCUT2D eigenvalue weighted by Crippen LogP contribution is 2.26. The van der Waals surface area contributed by atoms with Crippen LogP contribution in [0, 0.1) is 5.95 Å². The molecule has 17 heavy (non-hydrogen) atoms. The number of hydrogen-bond donors (Lipinski definition) is 1. The predicted octanol–water partition coefficient (Wildman–Crippen LogP) is 0.875. The third-order valence-electron chi connectivity index (χ3n) is 2.58. The van der Waals surface area contributed by atoms with Crippen LogP contribution in [0.2, 0.25) is 0 Å². The van der Waals surface area contributed by atoms with Gasteiger partial charge in [-0.1, -0.05) is 0 Å². The van der Waals surface area contributed by atoms with E-state index in [9.17, 15) is 14.0 Å². The largest absolute Gasteiger partial charge is 0.296 e. The summed E-state index contributed by atoms with van der Waals surface area (Å²) < 4.78 is 13.5. The normalized spacial score (nSPS) is 20.2. The minimum absolute atomic E-state index is 0.0908. The van der Waals surface area contributed by atoms with Gasteiger partial charge in [0.15, 0.2) is 0 Å². The Bertz CT molecular complexity index is 481. The average Bonchev–Trinajstić information content (AvgIpc) is 2.30. The fraction of sp³-hybridized carbons (Fsp3) is 0.400. The minimum Gasteiger partial charge on any atom is -0.296 e. The van der Waals surface area contributed by atoms with E-state index in [0.29, 0.717) is 5.69 Å². The first kappa shape index (κ1) is 11.9. The van der Waals surface area contributed by atoms with Crippen LogP contribution in [0.3, 0.4) is 0 Å². The van der Waals surface area contributed by atoms with Crippen molar-refractivity contribution >= 4 is 23.4 Å². The maximum Gasteiger partial charge on any atom is 0.237 e. The van der Waals surface area contributed by atoms with Gasteiger partial charge in [-0.2, -0.15) is 9.49 Å². The molecule has 90 valence electrons. The van der Waals surface area contributed by atoms with Crippen molar-refractivity contribution < 1.29 is 14.0 Å². The molecule has 0 aromatic carbocycles. The van der Waals surface area contributed by atoms with Gasteiger partial charge in [-0.15, -0.1) is 16.7 Å². The summed E-state index contributed by atoms with van der Waals surface area (Å²) in [6.07, 6.45) is 0.462. The van der Waals surface area contributed by atoms with Crippen LogP contribution >= 0.6 is 11.6 Å². The molecule has 7 heteroatoms. The molecule has 2 amide bonds. The Labute approximate surface area is 101 Å². The topological polar surface area (TPSA) is 72.0 Å². The highest BCUT2D eigenvalue weighted by Gasteiger charge is 2.30. The van der Waals surface area contributed by atoms with Gasteiger partial charge < -0.3 is 0 Å². The first-order valence-electron chi connectivity index (χ1n) is 5.03. The zero-order valence-electron chi connectivity index (χ0n) is 8.74. The van der Waals surface area contributed by atoms with E-state index < -0.39 is 17.8 Å². The highest BCUT2D eigenvalue weighted by molar-refractivity contribution is 6.16. The SMILES string of the molecule is O=C1CCC(c2cc(CCl)nnc2F)C(=O)N1. The summed E-state index contributed by atoms with van der Waals surface area (Å²) in [5, 5.41) is 9.02. The second kappa shape index (κ2) is 4.75. The third-order valence-corrected chi connectivity index (χ3v) is 2.85. The molecule has 1 aromatic heterocycles. The molecule has 5 nitrogen and oxygen atoms in total. The molecule has 1 fully saturated rings. The van der Waals surface area contributed by atoms with Crippen LogP contribution in [-0.4, -0.2) is 22.0 Å². The lowest BCUT2D eigenvalue weighted by Gasteiger charge is -2.21. The van der Waals surface area contributed by atoms with Gasteiger partial charge in [-0.05, 0) is 12.5 Å². The Balaban J connectivity index is 2.33. The number of imide groups is 1. The standard InChI is InChI=1S/C10H9ClFN3O2/c11-4-5-3-7(9(12)15-14-5)6-1-2-8(16)13-10(6)17/h3,6H,1-2,4H2,(H,13,16,17). The summed E-state index contributed by atoms with van der Waals surface area (Å²) in [4.78, 5) is 22.6. The molecule has 1 atom stereocenters. The molecule has 0 radical (unpaired) electrons. The van der Waals surface area contributed by atoms with Gasteiger partial charge in [0.05, 0.1) is 17.5 Å². The van der Waals surface area contributed by atoms with Gasteiger partial charge in [-0.3, -0.25) is 14.9 Å². The van der Waals surface area contributed by atoms with Crippen molar-refractivity contribution in [2.75, 3.05) is 0 Å². The lowest BCUT2D eigenvalue weighted by Crippen LogP contribution is -2.39. The van der Waals surface area contributed by atoms with Crippen LogP contribution < -0.4 is 5.32 Å².